The van der Waals surface area contributed by atoms with Crippen LogP contribution in [0.2, 0.25) is 0 Å². The Hall–Kier alpha value is -3.21. The molecule has 1 aliphatic heterocycles. The van der Waals surface area contributed by atoms with Crippen molar-refractivity contribution >= 4 is 32.7 Å². The highest BCUT2D eigenvalue weighted by Gasteiger charge is 2.28. The lowest BCUT2D eigenvalue weighted by Gasteiger charge is -2.30. The van der Waals surface area contributed by atoms with Crippen LogP contribution in [0, 0.1) is 11.3 Å². The highest BCUT2D eigenvalue weighted by molar-refractivity contribution is 7.22. The number of aromatic nitrogens is 1. The molecule has 0 amide bonds. The first kappa shape index (κ1) is 20.1. The van der Waals surface area contributed by atoms with E-state index in [0.717, 1.165) is 27.5 Å². The molecular formula is C23H23N5OS. The summed E-state index contributed by atoms with van der Waals surface area (Å²) in [5, 5.41) is 10.1. The Morgan fingerprint density at radius 1 is 1.17 bits per heavy atom. The van der Waals surface area contributed by atoms with Crippen molar-refractivity contribution in [3.63, 3.8) is 0 Å². The van der Waals surface area contributed by atoms with Gasteiger partial charge < -0.3 is 9.64 Å². The lowest BCUT2D eigenvalue weighted by Crippen LogP contribution is -2.42. The van der Waals surface area contributed by atoms with Gasteiger partial charge in [0.15, 0.2) is 5.13 Å². The van der Waals surface area contributed by atoms with Crippen LogP contribution in [0.25, 0.3) is 10.2 Å². The van der Waals surface area contributed by atoms with E-state index in [9.17, 15) is 5.26 Å². The molecule has 1 unspecified atom stereocenters. The maximum Gasteiger partial charge on any atom is 0.299 e. The minimum Gasteiger partial charge on any atom is -0.460 e. The van der Waals surface area contributed by atoms with Crippen molar-refractivity contribution in [3.05, 3.63) is 71.9 Å². The summed E-state index contributed by atoms with van der Waals surface area (Å²) in [5.74, 6) is 0. The molecule has 0 aliphatic carbocycles. The Labute approximate surface area is 180 Å². The van der Waals surface area contributed by atoms with Crippen LogP contribution in [0.1, 0.15) is 17.5 Å². The molecule has 0 saturated heterocycles. The number of nitriles is 1. The first-order chi connectivity index (χ1) is 14.6. The van der Waals surface area contributed by atoms with Gasteiger partial charge in [-0.05, 0) is 43.4 Å². The summed E-state index contributed by atoms with van der Waals surface area (Å²) < 4.78 is 7.23. The number of hydrogen-bond acceptors (Lipinski definition) is 7. The number of ether oxygens (including phenoxy) is 1. The van der Waals surface area contributed by atoms with Gasteiger partial charge in [0, 0.05) is 12.7 Å². The van der Waals surface area contributed by atoms with Crippen molar-refractivity contribution in [2.45, 2.75) is 25.6 Å². The number of para-hydroxylation sites is 1. The Morgan fingerprint density at radius 2 is 2.00 bits per heavy atom. The number of hydrogen-bond donors (Lipinski definition) is 0. The highest BCUT2D eigenvalue weighted by atomic mass is 32.1. The van der Waals surface area contributed by atoms with E-state index in [2.05, 4.69) is 42.2 Å². The Bertz CT molecular complexity index is 1090. The molecule has 0 N–H and O–H groups in total. The second-order valence-electron chi connectivity index (χ2n) is 7.36. The van der Waals surface area contributed by atoms with Crippen LogP contribution in [0.15, 0.2) is 65.8 Å². The molecule has 0 bridgehead atoms. The molecule has 1 atom stereocenters. The Morgan fingerprint density at radius 3 is 2.80 bits per heavy atom. The van der Waals surface area contributed by atoms with Crippen molar-refractivity contribution in [1.82, 2.24) is 9.88 Å². The van der Waals surface area contributed by atoms with Crippen LogP contribution >= 0.6 is 11.3 Å². The largest absolute Gasteiger partial charge is 0.460 e. The monoisotopic (exact) mass is 417 g/mol. The van der Waals surface area contributed by atoms with Crippen molar-refractivity contribution in [2.24, 2.45) is 4.99 Å². The van der Waals surface area contributed by atoms with Gasteiger partial charge in [0.25, 0.3) is 6.02 Å². The van der Waals surface area contributed by atoms with Crippen LogP contribution < -0.4 is 4.90 Å². The fourth-order valence-electron chi connectivity index (χ4n) is 3.37. The maximum absolute atomic E-state index is 9.31. The first-order valence-electron chi connectivity index (χ1n) is 9.75. The average Bonchev–Trinajstić information content (AvgIpc) is 3.16. The van der Waals surface area contributed by atoms with Gasteiger partial charge in [-0.15, -0.1) is 0 Å². The number of nitrogens with zero attached hydrogens (tertiary/aromatic N) is 5. The summed E-state index contributed by atoms with van der Waals surface area (Å²) in [5.41, 5.74) is 3.24. The smallest absolute Gasteiger partial charge is 0.299 e. The molecule has 152 valence electrons. The molecular weight excluding hydrogens is 394 g/mol. The van der Waals surface area contributed by atoms with Crippen LogP contribution in [0.4, 0.5) is 5.13 Å². The minimum absolute atomic E-state index is 0.164. The van der Waals surface area contributed by atoms with Gasteiger partial charge in [-0.3, -0.25) is 4.90 Å². The molecule has 30 heavy (non-hydrogen) atoms. The summed E-state index contributed by atoms with van der Waals surface area (Å²) in [6.45, 7) is 1.27. The van der Waals surface area contributed by atoms with Gasteiger partial charge >= 0.3 is 0 Å². The third-order valence-corrected chi connectivity index (χ3v) is 5.71. The molecule has 3 aromatic rings. The molecule has 2 heterocycles. The van der Waals surface area contributed by atoms with Crippen molar-refractivity contribution in [2.75, 3.05) is 19.0 Å². The third-order valence-electron chi connectivity index (χ3n) is 4.68. The molecule has 7 heteroatoms. The average molecular weight is 418 g/mol. The summed E-state index contributed by atoms with van der Waals surface area (Å²) in [6, 6.07) is 18.9. The predicted octanol–water partition coefficient (Wildman–Crippen LogP) is 4.55. The Balaban J connectivity index is 1.58. The van der Waals surface area contributed by atoms with Crippen molar-refractivity contribution < 1.29 is 4.74 Å². The van der Waals surface area contributed by atoms with E-state index >= 15 is 0 Å². The maximum atomic E-state index is 9.31. The van der Waals surface area contributed by atoms with Crippen molar-refractivity contribution in [3.8, 4) is 6.07 Å². The number of anilines is 1. The van der Waals surface area contributed by atoms with Gasteiger partial charge in [0.2, 0.25) is 0 Å². The number of amidine groups is 1. The summed E-state index contributed by atoms with van der Waals surface area (Å²) in [7, 11) is 4.11. The van der Waals surface area contributed by atoms with Crippen molar-refractivity contribution in [1.29, 1.82) is 5.26 Å². The van der Waals surface area contributed by atoms with Gasteiger partial charge in [0.1, 0.15) is 6.61 Å². The molecule has 0 radical (unpaired) electrons. The highest BCUT2D eigenvalue weighted by Crippen LogP contribution is 2.32. The lowest BCUT2D eigenvalue weighted by atomic mass is 10.1. The second-order valence-corrected chi connectivity index (χ2v) is 8.37. The molecule has 4 rings (SSSR count). The van der Waals surface area contributed by atoms with E-state index in [1.807, 2.05) is 47.4 Å². The molecule has 6 nitrogen and oxygen atoms in total. The van der Waals surface area contributed by atoms with Crippen LogP contribution in [0.5, 0.6) is 0 Å². The number of aliphatic imine (C=N–C) groups is 1. The number of rotatable bonds is 6. The molecule has 2 aromatic carbocycles. The molecule has 1 aromatic heterocycles. The standard InChI is InChI=1S/C23H23N5OS/c1-27(2)15-17-6-5-7-18(14-17)16-29-22-25-13-11-19(10-12-24)28(22)23-26-20-8-3-4-9-21(20)30-23/h3-9,11,13-14,19H,10,15-16H2,1-2H3. The molecule has 0 spiro atoms. The number of fused-ring (bicyclic) bond motifs is 1. The van der Waals surface area contributed by atoms with Crippen LogP contribution in [-0.4, -0.2) is 36.0 Å². The molecule has 0 fully saturated rings. The van der Waals surface area contributed by atoms with E-state index in [-0.39, 0.29) is 6.04 Å². The molecule has 0 saturated carbocycles. The predicted molar refractivity (Wildman–Crippen MR) is 121 cm³/mol. The first-order valence-corrected chi connectivity index (χ1v) is 10.6. The van der Waals surface area contributed by atoms with Gasteiger partial charge in [0.05, 0.1) is 28.7 Å². The van der Waals surface area contributed by atoms with Gasteiger partial charge in [-0.25, -0.2) is 9.98 Å². The minimum atomic E-state index is -0.164. The van der Waals surface area contributed by atoms with E-state index in [0.29, 0.717) is 19.0 Å². The third kappa shape index (κ3) is 4.51. The second kappa shape index (κ2) is 9.08. The number of benzene rings is 2. The summed E-state index contributed by atoms with van der Waals surface area (Å²) >= 11 is 1.57. The lowest BCUT2D eigenvalue weighted by molar-refractivity contribution is 0.281. The van der Waals surface area contributed by atoms with E-state index < -0.39 is 0 Å². The normalized spacial score (nSPS) is 16.0. The van der Waals surface area contributed by atoms with E-state index in [1.54, 1.807) is 17.5 Å². The van der Waals surface area contributed by atoms with Crippen LogP contribution in [-0.2, 0) is 17.9 Å². The fourth-order valence-corrected chi connectivity index (χ4v) is 4.39. The SMILES string of the molecule is CN(C)Cc1cccc(COC2=NC=CC(CC#N)N2c2nc3ccccc3s2)c1. The number of thiazole rings is 1. The topological polar surface area (TPSA) is 64.8 Å². The summed E-state index contributed by atoms with van der Waals surface area (Å²) in [4.78, 5) is 13.3. The zero-order valence-electron chi connectivity index (χ0n) is 17.0. The zero-order valence-corrected chi connectivity index (χ0v) is 17.8. The van der Waals surface area contributed by atoms with E-state index in [4.69, 9.17) is 9.72 Å². The quantitative estimate of drug-likeness (QED) is 0.589. The Kier molecular flexibility index (Phi) is 6.07. The van der Waals surface area contributed by atoms with Gasteiger partial charge in [-0.1, -0.05) is 47.7 Å². The van der Waals surface area contributed by atoms with Crippen LogP contribution in [0.3, 0.4) is 0 Å². The zero-order chi connectivity index (χ0) is 20.9. The summed E-state index contributed by atoms with van der Waals surface area (Å²) in [6.07, 6.45) is 3.95. The molecule has 1 aliphatic rings. The van der Waals surface area contributed by atoms with E-state index in [1.165, 1.54) is 5.56 Å². The van der Waals surface area contributed by atoms with Gasteiger partial charge in [-0.2, -0.15) is 5.26 Å². The fraction of sp³-hybridized carbons (Fsp3) is 0.261.